The Morgan fingerprint density at radius 2 is 1.14 bits per heavy atom. The van der Waals surface area contributed by atoms with E-state index >= 15 is 0 Å². The molecule has 0 bridgehead atoms. The lowest BCUT2D eigenvalue weighted by atomic mass is 9.59. The normalized spacial score (nSPS) is 49.3. The highest BCUT2D eigenvalue weighted by atomic mass is 16.6. The SMILES string of the molecule is CC(C)C(C(C)C)C1C=CC(O)(C2O[C@H](CO)[C@@H](O)[C@H](O)[C@H]2O)CC1(O)C1O[C@H](CO)[C@@H](O)[C@H](O)[C@H]1O. The molecule has 10 N–H and O–H groups in total. The van der Waals surface area contributed by atoms with Crippen molar-refractivity contribution in [3.63, 3.8) is 0 Å². The molecular formula is C25H44O12. The summed E-state index contributed by atoms with van der Waals surface area (Å²) in [4.78, 5) is 0. The summed E-state index contributed by atoms with van der Waals surface area (Å²) in [6.45, 7) is 6.36. The minimum atomic E-state index is -2.18. The highest BCUT2D eigenvalue weighted by Gasteiger charge is 2.63. The average molecular weight is 537 g/mol. The van der Waals surface area contributed by atoms with E-state index in [-0.39, 0.29) is 17.8 Å². The minimum Gasteiger partial charge on any atom is -0.394 e. The molecule has 37 heavy (non-hydrogen) atoms. The minimum absolute atomic E-state index is 0.00418. The van der Waals surface area contributed by atoms with E-state index in [0.29, 0.717) is 0 Å². The molecule has 13 atom stereocenters. The fraction of sp³-hybridized carbons (Fsp3) is 0.920. The Bertz CT molecular complexity index is 782. The van der Waals surface area contributed by atoms with Crippen LogP contribution in [0, 0.1) is 23.7 Å². The van der Waals surface area contributed by atoms with Crippen LogP contribution in [0.5, 0.6) is 0 Å². The van der Waals surface area contributed by atoms with Gasteiger partial charge in [-0.05, 0) is 17.8 Å². The number of hydrogen-bond donors (Lipinski definition) is 10. The monoisotopic (exact) mass is 536 g/mol. The lowest BCUT2D eigenvalue weighted by Gasteiger charge is -2.57. The summed E-state index contributed by atoms with van der Waals surface area (Å²) in [5.74, 6) is -0.985. The topological polar surface area (TPSA) is 221 Å². The highest BCUT2D eigenvalue weighted by molar-refractivity contribution is 5.24. The number of ether oxygens (including phenoxy) is 2. The molecule has 2 saturated heterocycles. The predicted octanol–water partition coefficient (Wildman–Crippen LogP) is -3.36. The predicted molar refractivity (Wildman–Crippen MR) is 128 cm³/mol. The molecule has 12 heteroatoms. The van der Waals surface area contributed by atoms with Gasteiger partial charge in [0.15, 0.2) is 0 Å². The third-order valence-corrected chi connectivity index (χ3v) is 8.46. The summed E-state index contributed by atoms with van der Waals surface area (Å²) in [5.41, 5.74) is -4.31. The summed E-state index contributed by atoms with van der Waals surface area (Å²) in [6, 6.07) is 0. The van der Waals surface area contributed by atoms with Crippen molar-refractivity contribution in [3.05, 3.63) is 12.2 Å². The molecule has 5 unspecified atom stereocenters. The second kappa shape index (κ2) is 11.4. The lowest BCUT2D eigenvalue weighted by Crippen LogP contribution is -2.72. The fourth-order valence-corrected chi connectivity index (χ4v) is 6.64. The van der Waals surface area contributed by atoms with Crippen molar-refractivity contribution >= 4 is 0 Å². The average Bonchev–Trinajstić information content (AvgIpc) is 2.82. The van der Waals surface area contributed by atoms with Crippen LogP contribution in [0.25, 0.3) is 0 Å². The summed E-state index contributed by atoms with van der Waals surface area (Å²) < 4.78 is 11.4. The molecule has 3 aliphatic rings. The number of hydrogen-bond acceptors (Lipinski definition) is 12. The third kappa shape index (κ3) is 5.37. The second-order valence-corrected chi connectivity index (χ2v) is 11.6. The van der Waals surface area contributed by atoms with Crippen molar-refractivity contribution in [3.8, 4) is 0 Å². The largest absolute Gasteiger partial charge is 0.394 e. The van der Waals surface area contributed by atoms with Crippen molar-refractivity contribution in [1.82, 2.24) is 0 Å². The quantitative estimate of drug-likeness (QED) is 0.144. The van der Waals surface area contributed by atoms with E-state index in [1.807, 2.05) is 27.7 Å². The summed E-state index contributed by atoms with van der Waals surface area (Å²) >= 11 is 0. The zero-order chi connectivity index (χ0) is 28.0. The van der Waals surface area contributed by atoms with E-state index in [2.05, 4.69) is 0 Å². The van der Waals surface area contributed by atoms with Crippen LogP contribution in [0.1, 0.15) is 34.1 Å². The smallest absolute Gasteiger partial charge is 0.119 e. The first kappa shape index (κ1) is 30.8. The van der Waals surface area contributed by atoms with Crippen LogP contribution in [0.4, 0.5) is 0 Å². The molecule has 2 fully saturated rings. The second-order valence-electron chi connectivity index (χ2n) is 11.6. The van der Waals surface area contributed by atoms with E-state index in [4.69, 9.17) is 9.47 Å². The Balaban J connectivity index is 2.11. The van der Waals surface area contributed by atoms with E-state index in [0.717, 1.165) is 0 Å². The maximum atomic E-state index is 12.3. The third-order valence-electron chi connectivity index (χ3n) is 8.46. The van der Waals surface area contributed by atoms with Gasteiger partial charge in [-0.1, -0.05) is 39.8 Å². The Hall–Kier alpha value is -0.740. The molecular weight excluding hydrogens is 492 g/mol. The van der Waals surface area contributed by atoms with Crippen molar-refractivity contribution in [2.24, 2.45) is 23.7 Å². The van der Waals surface area contributed by atoms with Gasteiger partial charge in [0.25, 0.3) is 0 Å². The van der Waals surface area contributed by atoms with Gasteiger partial charge in [0.1, 0.15) is 72.2 Å². The van der Waals surface area contributed by atoms with Gasteiger partial charge in [-0.2, -0.15) is 0 Å². The standard InChI is InChI=1S/C25H44O12/c1-10(2)15(11(3)4)12-5-6-24(34,22-20(32)18(30)16(28)13(7-26)36-22)9-25(12,35)23-21(33)19(31)17(29)14(8-27)37-23/h5-6,10-23,26-35H,7-9H2,1-4H3/t12?,13-,14-,16-,17-,18+,19+,20-,21-,22?,23?,24?,25?/m1/s1. The Kier molecular flexibility index (Phi) is 9.49. The maximum Gasteiger partial charge on any atom is 0.119 e. The molecule has 0 saturated carbocycles. The van der Waals surface area contributed by atoms with Gasteiger partial charge in [0.2, 0.25) is 0 Å². The molecule has 216 valence electrons. The van der Waals surface area contributed by atoms with Gasteiger partial charge < -0.3 is 60.5 Å². The molecule has 2 aliphatic heterocycles. The van der Waals surface area contributed by atoms with Crippen molar-refractivity contribution in [2.45, 2.75) is 106 Å². The van der Waals surface area contributed by atoms with Crippen LogP contribution in [0.3, 0.4) is 0 Å². The molecule has 12 nitrogen and oxygen atoms in total. The summed E-state index contributed by atoms with van der Waals surface area (Å²) in [5, 5.41) is 106. The van der Waals surface area contributed by atoms with E-state index in [9.17, 15) is 51.1 Å². The fourth-order valence-electron chi connectivity index (χ4n) is 6.64. The van der Waals surface area contributed by atoms with E-state index in [1.165, 1.54) is 12.2 Å². The lowest BCUT2D eigenvalue weighted by molar-refractivity contribution is -0.303. The van der Waals surface area contributed by atoms with Crippen LogP contribution in [-0.2, 0) is 9.47 Å². The van der Waals surface area contributed by atoms with Gasteiger partial charge in [-0.3, -0.25) is 0 Å². The zero-order valence-electron chi connectivity index (χ0n) is 21.6. The first-order valence-corrected chi connectivity index (χ1v) is 12.9. The van der Waals surface area contributed by atoms with Crippen LogP contribution < -0.4 is 0 Å². The van der Waals surface area contributed by atoms with E-state index < -0.39 is 97.8 Å². The first-order chi connectivity index (χ1) is 17.1. The van der Waals surface area contributed by atoms with Gasteiger partial charge in [0, 0.05) is 12.3 Å². The molecule has 0 aromatic heterocycles. The van der Waals surface area contributed by atoms with Gasteiger partial charge in [-0.25, -0.2) is 0 Å². The maximum absolute atomic E-state index is 12.3. The molecule has 1 aliphatic carbocycles. The van der Waals surface area contributed by atoms with Crippen molar-refractivity contribution < 1.29 is 60.5 Å². The Morgan fingerprint density at radius 1 is 0.703 bits per heavy atom. The van der Waals surface area contributed by atoms with Crippen LogP contribution in [-0.4, -0.2) is 137 Å². The molecule has 0 radical (unpaired) electrons. The van der Waals surface area contributed by atoms with Crippen LogP contribution >= 0.6 is 0 Å². The van der Waals surface area contributed by atoms with Gasteiger partial charge >= 0.3 is 0 Å². The summed E-state index contributed by atoms with van der Waals surface area (Å²) in [6.07, 6.45) is -14.0. The van der Waals surface area contributed by atoms with Crippen LogP contribution in [0.2, 0.25) is 0 Å². The Morgan fingerprint density at radius 3 is 1.57 bits per heavy atom. The first-order valence-electron chi connectivity index (χ1n) is 12.9. The molecule has 0 spiro atoms. The summed E-state index contributed by atoms with van der Waals surface area (Å²) in [7, 11) is 0. The molecule has 0 amide bonds. The number of aliphatic hydroxyl groups excluding tert-OH is 8. The molecule has 0 aromatic carbocycles. The molecule has 0 aromatic rings. The Labute approximate surface area is 216 Å². The van der Waals surface area contributed by atoms with Gasteiger partial charge in [-0.15, -0.1) is 0 Å². The van der Waals surface area contributed by atoms with E-state index in [1.54, 1.807) is 0 Å². The highest BCUT2D eigenvalue weighted by Crippen LogP contribution is 2.50. The van der Waals surface area contributed by atoms with Gasteiger partial charge in [0.05, 0.1) is 13.2 Å². The molecule has 3 rings (SSSR count). The van der Waals surface area contributed by atoms with Crippen molar-refractivity contribution in [2.75, 3.05) is 13.2 Å². The molecule has 2 heterocycles. The number of aliphatic hydroxyl groups is 10. The zero-order valence-corrected chi connectivity index (χ0v) is 21.6. The van der Waals surface area contributed by atoms with Crippen molar-refractivity contribution in [1.29, 1.82) is 0 Å². The number of rotatable bonds is 7. The van der Waals surface area contributed by atoms with Crippen LogP contribution in [0.15, 0.2) is 12.2 Å².